The van der Waals surface area contributed by atoms with Crippen LogP contribution in [0.1, 0.15) is 37.3 Å². The Morgan fingerprint density at radius 1 is 1.00 bits per heavy atom. The number of pyridine rings is 2. The monoisotopic (exact) mass is 432 g/mol. The Morgan fingerprint density at radius 2 is 1.84 bits per heavy atom. The molecule has 1 aliphatic heterocycles. The molecule has 2 N–H and O–H groups in total. The first kappa shape index (κ1) is 19.4. The third-order valence-corrected chi connectivity index (χ3v) is 6.54. The molecule has 164 valence electrons. The molecular formula is C23H25FN8. The number of halogens is 1. The van der Waals surface area contributed by atoms with Crippen LogP contribution in [-0.2, 0) is 0 Å². The highest BCUT2D eigenvalue weighted by molar-refractivity contribution is 5.79. The molecule has 2 aliphatic rings. The van der Waals surface area contributed by atoms with Crippen LogP contribution in [0.2, 0.25) is 0 Å². The smallest absolute Gasteiger partial charge is 0.230 e. The summed E-state index contributed by atoms with van der Waals surface area (Å²) >= 11 is 0. The van der Waals surface area contributed by atoms with Crippen molar-refractivity contribution < 1.29 is 4.39 Å². The van der Waals surface area contributed by atoms with Crippen molar-refractivity contribution in [2.75, 3.05) is 36.4 Å². The number of fused-ring (bicyclic) bond motifs is 3. The number of hydrogen-bond acceptors (Lipinski definition) is 7. The van der Waals surface area contributed by atoms with Gasteiger partial charge >= 0.3 is 0 Å². The van der Waals surface area contributed by atoms with Gasteiger partial charge in [0.1, 0.15) is 11.5 Å². The quantitative estimate of drug-likeness (QED) is 0.510. The van der Waals surface area contributed by atoms with E-state index in [4.69, 9.17) is 4.98 Å². The number of piperazine rings is 1. The molecule has 1 saturated carbocycles. The third-order valence-electron chi connectivity index (χ3n) is 6.54. The van der Waals surface area contributed by atoms with E-state index in [1.54, 1.807) is 12.4 Å². The molecule has 0 aromatic carbocycles. The molecule has 0 spiro atoms. The lowest BCUT2D eigenvalue weighted by Crippen LogP contribution is -2.43. The zero-order chi connectivity index (χ0) is 21.5. The van der Waals surface area contributed by atoms with Gasteiger partial charge in [0.25, 0.3) is 0 Å². The van der Waals surface area contributed by atoms with Crippen LogP contribution < -0.4 is 15.5 Å². The summed E-state index contributed by atoms with van der Waals surface area (Å²) < 4.78 is 16.9. The molecule has 0 bridgehead atoms. The van der Waals surface area contributed by atoms with Crippen molar-refractivity contribution in [2.45, 2.75) is 31.6 Å². The van der Waals surface area contributed by atoms with Crippen LogP contribution in [0.15, 0.2) is 36.8 Å². The van der Waals surface area contributed by atoms with E-state index in [1.165, 1.54) is 37.4 Å². The Bertz CT molecular complexity index is 1270. The normalized spacial score (nSPS) is 17.5. The number of aromatic nitrogens is 5. The molecule has 0 atom stereocenters. The van der Waals surface area contributed by atoms with E-state index in [0.717, 1.165) is 42.9 Å². The second kappa shape index (κ2) is 7.98. The van der Waals surface area contributed by atoms with Crippen molar-refractivity contribution in [1.82, 2.24) is 29.7 Å². The van der Waals surface area contributed by atoms with Gasteiger partial charge in [-0.3, -0.25) is 4.40 Å². The molecule has 4 aromatic heterocycles. The first-order valence-corrected chi connectivity index (χ1v) is 11.3. The van der Waals surface area contributed by atoms with Gasteiger partial charge in [0.15, 0.2) is 11.5 Å². The zero-order valence-electron chi connectivity index (χ0n) is 17.8. The molecule has 0 amide bonds. The predicted octanol–water partition coefficient (Wildman–Crippen LogP) is 3.62. The molecular weight excluding hydrogens is 407 g/mol. The third kappa shape index (κ3) is 3.42. The van der Waals surface area contributed by atoms with E-state index < -0.39 is 0 Å². The summed E-state index contributed by atoms with van der Waals surface area (Å²) in [5.74, 6) is 0.980. The summed E-state index contributed by atoms with van der Waals surface area (Å²) in [5, 5.41) is 7.29. The van der Waals surface area contributed by atoms with E-state index in [2.05, 4.69) is 30.0 Å². The van der Waals surface area contributed by atoms with Crippen LogP contribution in [0.5, 0.6) is 0 Å². The molecule has 0 radical (unpaired) electrons. The summed E-state index contributed by atoms with van der Waals surface area (Å²) in [6.45, 7) is 3.22. The van der Waals surface area contributed by atoms with E-state index in [1.807, 2.05) is 23.2 Å². The van der Waals surface area contributed by atoms with E-state index in [9.17, 15) is 4.39 Å². The van der Waals surface area contributed by atoms with Crippen molar-refractivity contribution in [3.05, 3.63) is 48.3 Å². The summed E-state index contributed by atoms with van der Waals surface area (Å²) in [6, 6.07) is 5.40. The minimum atomic E-state index is -0.300. The summed E-state index contributed by atoms with van der Waals surface area (Å²) in [6.07, 6.45) is 10.2. The molecule has 4 aromatic rings. The lowest BCUT2D eigenvalue weighted by atomic mass is 10.1. The van der Waals surface area contributed by atoms with Crippen molar-refractivity contribution in [3.63, 3.8) is 0 Å². The molecule has 1 saturated heterocycles. The summed E-state index contributed by atoms with van der Waals surface area (Å²) in [5.41, 5.74) is 3.42. The molecule has 6 rings (SSSR count). The maximum absolute atomic E-state index is 14.8. The van der Waals surface area contributed by atoms with Crippen LogP contribution in [0, 0.1) is 5.82 Å². The minimum absolute atomic E-state index is 0.300. The Hall–Kier alpha value is -3.33. The van der Waals surface area contributed by atoms with E-state index in [0.29, 0.717) is 23.4 Å². The number of imidazole rings is 1. The maximum Gasteiger partial charge on any atom is 0.230 e. The van der Waals surface area contributed by atoms with Gasteiger partial charge in [-0.1, -0.05) is 12.8 Å². The van der Waals surface area contributed by atoms with Gasteiger partial charge in [0.2, 0.25) is 5.95 Å². The van der Waals surface area contributed by atoms with Gasteiger partial charge < -0.3 is 15.5 Å². The zero-order valence-corrected chi connectivity index (χ0v) is 17.8. The van der Waals surface area contributed by atoms with Gasteiger partial charge in [-0.25, -0.2) is 19.3 Å². The average molecular weight is 433 g/mol. The summed E-state index contributed by atoms with van der Waals surface area (Å²) in [4.78, 5) is 20.2. The second-order valence-corrected chi connectivity index (χ2v) is 8.55. The van der Waals surface area contributed by atoms with Crippen molar-refractivity contribution in [1.29, 1.82) is 0 Å². The SMILES string of the molecule is Fc1cc(Nc2ncc3ccc4ncc(C5CCCC5)n4c3n2)ncc1N1CCNCC1. The largest absolute Gasteiger partial charge is 0.365 e. The van der Waals surface area contributed by atoms with Crippen LogP contribution in [0.25, 0.3) is 16.7 Å². The van der Waals surface area contributed by atoms with Gasteiger partial charge in [-0.2, -0.15) is 4.98 Å². The van der Waals surface area contributed by atoms with Gasteiger partial charge in [0.05, 0.1) is 11.9 Å². The number of nitrogens with zero attached hydrogens (tertiary/aromatic N) is 6. The van der Waals surface area contributed by atoms with Crippen LogP contribution in [-0.4, -0.2) is 50.5 Å². The highest BCUT2D eigenvalue weighted by Gasteiger charge is 2.22. The first-order valence-electron chi connectivity index (χ1n) is 11.3. The molecule has 5 heterocycles. The van der Waals surface area contributed by atoms with Gasteiger partial charge in [-0.15, -0.1) is 0 Å². The Morgan fingerprint density at radius 3 is 2.66 bits per heavy atom. The number of rotatable bonds is 4. The predicted molar refractivity (Wildman–Crippen MR) is 122 cm³/mol. The van der Waals surface area contributed by atoms with Crippen LogP contribution in [0.4, 0.5) is 21.8 Å². The number of anilines is 3. The fraction of sp³-hybridized carbons (Fsp3) is 0.391. The number of nitrogens with one attached hydrogen (secondary N) is 2. The van der Waals surface area contributed by atoms with E-state index in [-0.39, 0.29) is 5.82 Å². The molecule has 2 fully saturated rings. The Balaban J connectivity index is 1.34. The molecule has 32 heavy (non-hydrogen) atoms. The van der Waals surface area contributed by atoms with Gasteiger partial charge in [-0.05, 0) is 25.0 Å². The first-order chi connectivity index (χ1) is 15.8. The fourth-order valence-corrected chi connectivity index (χ4v) is 4.89. The maximum atomic E-state index is 14.8. The topological polar surface area (TPSA) is 83.3 Å². The Kier molecular flexibility index (Phi) is 4.83. The minimum Gasteiger partial charge on any atom is -0.365 e. The summed E-state index contributed by atoms with van der Waals surface area (Å²) in [7, 11) is 0. The van der Waals surface area contributed by atoms with Crippen LogP contribution in [0.3, 0.4) is 0 Å². The molecule has 1 aliphatic carbocycles. The molecule has 9 heteroatoms. The highest BCUT2D eigenvalue weighted by atomic mass is 19.1. The van der Waals surface area contributed by atoms with Crippen molar-refractivity contribution in [2.24, 2.45) is 0 Å². The highest BCUT2D eigenvalue weighted by Crippen LogP contribution is 2.35. The average Bonchev–Trinajstić information content (AvgIpc) is 3.50. The number of hydrogen-bond donors (Lipinski definition) is 2. The van der Waals surface area contributed by atoms with Crippen molar-refractivity contribution in [3.8, 4) is 0 Å². The van der Waals surface area contributed by atoms with Gasteiger partial charge in [0, 0.05) is 61.6 Å². The van der Waals surface area contributed by atoms with Crippen molar-refractivity contribution >= 4 is 34.1 Å². The Labute approximate surface area is 184 Å². The standard InChI is InChI=1S/C23H25FN8/c24-17-11-20(26-14-19(17)31-9-7-25-8-10-31)29-23-28-12-16-5-6-21-27-13-18(15-3-1-2-4-15)32(21)22(16)30-23/h5-6,11-15,25H,1-4,7-10H2,(H,26,28,29,30). The van der Waals surface area contributed by atoms with E-state index >= 15 is 0 Å². The molecule has 8 nitrogen and oxygen atoms in total. The second-order valence-electron chi connectivity index (χ2n) is 8.55. The molecule has 0 unspecified atom stereocenters. The lowest BCUT2D eigenvalue weighted by Gasteiger charge is -2.29. The fourth-order valence-electron chi connectivity index (χ4n) is 4.89. The lowest BCUT2D eigenvalue weighted by molar-refractivity contribution is 0.565. The van der Waals surface area contributed by atoms with Crippen LogP contribution >= 0.6 is 0 Å².